The number of carbonyl (C=O) groups excluding carboxylic acids is 1. The smallest absolute Gasteiger partial charge is 0.263 e. The molecular formula is C14H18N4OS. The highest BCUT2D eigenvalue weighted by molar-refractivity contribution is 7.13. The second-order valence-electron chi connectivity index (χ2n) is 5.13. The van der Waals surface area contributed by atoms with E-state index in [-0.39, 0.29) is 5.91 Å². The number of hydrogen-bond donors (Lipinski definition) is 1. The van der Waals surface area contributed by atoms with Crippen LogP contribution in [0.2, 0.25) is 0 Å². The van der Waals surface area contributed by atoms with Gasteiger partial charge in [0.2, 0.25) is 0 Å². The predicted octanol–water partition coefficient (Wildman–Crippen LogP) is 2.22. The Balaban J connectivity index is 1.69. The number of aromatic nitrogens is 3. The maximum atomic E-state index is 12.2. The summed E-state index contributed by atoms with van der Waals surface area (Å²) in [5, 5.41) is 8.29. The number of fused-ring (bicyclic) bond motifs is 1. The van der Waals surface area contributed by atoms with Crippen LogP contribution in [-0.4, -0.2) is 20.7 Å². The number of carbonyl (C=O) groups is 1. The van der Waals surface area contributed by atoms with E-state index in [0.29, 0.717) is 11.4 Å². The molecule has 0 aliphatic carbocycles. The molecule has 0 fully saturated rings. The van der Waals surface area contributed by atoms with Gasteiger partial charge in [0, 0.05) is 24.3 Å². The lowest BCUT2D eigenvalue weighted by molar-refractivity contribution is 0.0954. The second kappa shape index (κ2) is 5.36. The van der Waals surface area contributed by atoms with Gasteiger partial charge in [-0.25, -0.2) is 4.98 Å². The lowest BCUT2D eigenvalue weighted by Gasteiger charge is -2.14. The third-order valence-electron chi connectivity index (χ3n) is 3.62. The van der Waals surface area contributed by atoms with Gasteiger partial charge < -0.3 is 5.32 Å². The van der Waals surface area contributed by atoms with Crippen LogP contribution in [0.5, 0.6) is 0 Å². The molecule has 0 bridgehead atoms. The number of amides is 1. The zero-order chi connectivity index (χ0) is 14.1. The third-order valence-corrected chi connectivity index (χ3v) is 4.69. The Bertz CT molecular complexity index is 644. The Morgan fingerprint density at radius 1 is 1.45 bits per heavy atom. The van der Waals surface area contributed by atoms with Crippen molar-refractivity contribution in [3.63, 3.8) is 0 Å². The van der Waals surface area contributed by atoms with E-state index >= 15 is 0 Å². The van der Waals surface area contributed by atoms with Crippen molar-refractivity contribution in [2.75, 3.05) is 0 Å². The molecule has 0 aromatic carbocycles. The molecule has 0 saturated heterocycles. The Hall–Kier alpha value is -1.69. The van der Waals surface area contributed by atoms with Gasteiger partial charge in [0.25, 0.3) is 5.91 Å². The van der Waals surface area contributed by atoms with Crippen LogP contribution in [0.1, 0.15) is 44.5 Å². The van der Waals surface area contributed by atoms with Gasteiger partial charge in [0.05, 0.1) is 16.9 Å². The fourth-order valence-electron chi connectivity index (χ4n) is 2.63. The van der Waals surface area contributed by atoms with Gasteiger partial charge in [0.15, 0.2) is 0 Å². The van der Waals surface area contributed by atoms with Gasteiger partial charge in [-0.3, -0.25) is 9.48 Å². The summed E-state index contributed by atoms with van der Waals surface area (Å²) < 4.78 is 2.06. The van der Waals surface area contributed by atoms with E-state index < -0.39 is 0 Å². The molecule has 20 heavy (non-hydrogen) atoms. The summed E-state index contributed by atoms with van der Waals surface area (Å²) in [6, 6.07) is 0. The number of aryl methyl sites for hydroxylation is 3. The quantitative estimate of drug-likeness (QED) is 0.943. The van der Waals surface area contributed by atoms with Gasteiger partial charge in [-0.1, -0.05) is 0 Å². The molecule has 106 valence electrons. The molecule has 0 radical (unpaired) electrons. The first-order valence-electron chi connectivity index (χ1n) is 6.91. The lowest BCUT2D eigenvalue weighted by Crippen LogP contribution is -2.23. The molecule has 0 unspecified atom stereocenters. The molecule has 3 heterocycles. The Labute approximate surface area is 122 Å². The average molecular weight is 290 g/mol. The van der Waals surface area contributed by atoms with E-state index in [1.165, 1.54) is 29.9 Å². The van der Waals surface area contributed by atoms with Crippen molar-refractivity contribution in [2.45, 2.75) is 46.2 Å². The summed E-state index contributed by atoms with van der Waals surface area (Å²) in [6.45, 7) is 5.34. The van der Waals surface area contributed by atoms with Crippen molar-refractivity contribution in [1.29, 1.82) is 0 Å². The third kappa shape index (κ3) is 2.47. The van der Waals surface area contributed by atoms with Crippen LogP contribution in [-0.2, 0) is 19.5 Å². The molecule has 0 spiro atoms. The molecule has 1 N–H and O–H groups in total. The van der Waals surface area contributed by atoms with Crippen molar-refractivity contribution in [2.24, 2.45) is 0 Å². The van der Waals surface area contributed by atoms with E-state index in [0.717, 1.165) is 29.2 Å². The lowest BCUT2D eigenvalue weighted by atomic mass is 10.1. The number of thiazole rings is 1. The molecule has 1 amide bonds. The van der Waals surface area contributed by atoms with E-state index in [1.54, 1.807) is 0 Å². The van der Waals surface area contributed by atoms with Gasteiger partial charge in [-0.15, -0.1) is 11.3 Å². The first-order chi connectivity index (χ1) is 9.65. The number of hydrogen-bond acceptors (Lipinski definition) is 4. The maximum absolute atomic E-state index is 12.2. The standard InChI is InChI=1S/C14H18N4OS/c1-9-13(20-10(2)17-9)14(19)15-7-11-8-16-18-6-4-3-5-12(11)18/h8H,3-7H2,1-2H3,(H,15,19). The van der Waals surface area contributed by atoms with Crippen LogP contribution in [0.4, 0.5) is 0 Å². The minimum Gasteiger partial charge on any atom is -0.347 e. The summed E-state index contributed by atoms with van der Waals surface area (Å²) in [6.07, 6.45) is 5.34. The zero-order valence-electron chi connectivity index (χ0n) is 11.8. The molecule has 1 aliphatic rings. The van der Waals surface area contributed by atoms with E-state index in [1.807, 2.05) is 20.0 Å². The fraction of sp³-hybridized carbons (Fsp3) is 0.500. The van der Waals surface area contributed by atoms with Gasteiger partial charge in [0.1, 0.15) is 4.88 Å². The molecule has 6 heteroatoms. The highest BCUT2D eigenvalue weighted by Gasteiger charge is 2.17. The van der Waals surface area contributed by atoms with Gasteiger partial charge >= 0.3 is 0 Å². The summed E-state index contributed by atoms with van der Waals surface area (Å²) >= 11 is 1.44. The number of nitrogens with zero attached hydrogens (tertiary/aromatic N) is 3. The normalized spacial score (nSPS) is 14.1. The van der Waals surface area contributed by atoms with Crippen molar-refractivity contribution < 1.29 is 4.79 Å². The number of rotatable bonds is 3. The highest BCUT2D eigenvalue weighted by Crippen LogP contribution is 2.19. The summed E-state index contributed by atoms with van der Waals surface area (Å²) in [4.78, 5) is 17.2. The monoisotopic (exact) mass is 290 g/mol. The number of nitrogens with one attached hydrogen (secondary N) is 1. The van der Waals surface area contributed by atoms with Crippen LogP contribution in [0.3, 0.4) is 0 Å². The Morgan fingerprint density at radius 3 is 3.05 bits per heavy atom. The van der Waals surface area contributed by atoms with Crippen molar-refractivity contribution in [3.8, 4) is 0 Å². The van der Waals surface area contributed by atoms with Gasteiger partial charge in [-0.05, 0) is 33.1 Å². The molecule has 2 aromatic heterocycles. The molecule has 0 atom stereocenters. The van der Waals surface area contributed by atoms with Crippen molar-refractivity contribution in [1.82, 2.24) is 20.1 Å². The Kier molecular flexibility index (Phi) is 3.56. The first-order valence-corrected chi connectivity index (χ1v) is 7.72. The minimum atomic E-state index is -0.0381. The summed E-state index contributed by atoms with van der Waals surface area (Å²) in [5.41, 5.74) is 3.22. The molecule has 2 aromatic rings. The van der Waals surface area contributed by atoms with Gasteiger partial charge in [-0.2, -0.15) is 5.10 Å². The van der Waals surface area contributed by atoms with Crippen LogP contribution < -0.4 is 5.32 Å². The first kappa shape index (κ1) is 13.3. The van der Waals surface area contributed by atoms with Crippen molar-refractivity contribution >= 4 is 17.2 Å². The molecule has 0 saturated carbocycles. The van der Waals surface area contributed by atoms with Crippen LogP contribution in [0.15, 0.2) is 6.20 Å². The fourth-order valence-corrected chi connectivity index (χ4v) is 3.47. The summed E-state index contributed by atoms with van der Waals surface area (Å²) in [5.74, 6) is -0.0381. The topological polar surface area (TPSA) is 59.8 Å². The SMILES string of the molecule is Cc1nc(C)c(C(=O)NCc2cnn3c2CCCC3)s1. The predicted molar refractivity (Wildman–Crippen MR) is 77.9 cm³/mol. The van der Waals surface area contributed by atoms with Crippen LogP contribution in [0.25, 0.3) is 0 Å². The van der Waals surface area contributed by atoms with Crippen molar-refractivity contribution in [3.05, 3.63) is 33.0 Å². The molecular weight excluding hydrogens is 272 g/mol. The Morgan fingerprint density at radius 2 is 2.30 bits per heavy atom. The largest absolute Gasteiger partial charge is 0.347 e. The zero-order valence-corrected chi connectivity index (χ0v) is 12.6. The van der Waals surface area contributed by atoms with E-state index in [9.17, 15) is 4.79 Å². The van der Waals surface area contributed by atoms with E-state index in [2.05, 4.69) is 20.1 Å². The molecule has 3 rings (SSSR count). The average Bonchev–Trinajstić information content (AvgIpc) is 2.99. The summed E-state index contributed by atoms with van der Waals surface area (Å²) in [7, 11) is 0. The maximum Gasteiger partial charge on any atom is 0.263 e. The molecule has 1 aliphatic heterocycles. The second-order valence-corrected chi connectivity index (χ2v) is 6.33. The minimum absolute atomic E-state index is 0.0381. The van der Waals surface area contributed by atoms with Crippen LogP contribution in [0, 0.1) is 13.8 Å². The van der Waals surface area contributed by atoms with Crippen LogP contribution >= 0.6 is 11.3 Å². The van der Waals surface area contributed by atoms with E-state index in [4.69, 9.17) is 0 Å². The molecule has 5 nitrogen and oxygen atoms in total. The highest BCUT2D eigenvalue weighted by atomic mass is 32.1.